The third kappa shape index (κ3) is 9.77. The molecule has 7 aromatic carbocycles. The van der Waals surface area contributed by atoms with E-state index in [1.54, 1.807) is 0 Å². The van der Waals surface area contributed by atoms with E-state index in [2.05, 4.69) is 154 Å². The van der Waals surface area contributed by atoms with E-state index in [1.165, 1.54) is 0 Å². The lowest BCUT2D eigenvalue weighted by molar-refractivity contribution is 0.463. The summed E-state index contributed by atoms with van der Waals surface area (Å²) in [5.41, 5.74) is 17.9. The molecule has 0 atom stereocenters. The number of hydrogen-bond donors (Lipinski definition) is 1. The second-order valence-corrected chi connectivity index (χ2v) is 20.7. The molecule has 0 aliphatic carbocycles. The van der Waals surface area contributed by atoms with Gasteiger partial charge in [0.25, 0.3) is 0 Å². The molecule has 74 heavy (non-hydrogen) atoms. The van der Waals surface area contributed by atoms with Gasteiger partial charge in [-0.25, -0.2) is 4.99 Å². The summed E-state index contributed by atoms with van der Waals surface area (Å²) in [6.07, 6.45) is 0. The molecule has 6 heteroatoms. The van der Waals surface area contributed by atoms with Gasteiger partial charge >= 0.3 is 0 Å². The highest BCUT2D eigenvalue weighted by Gasteiger charge is 2.34. The third-order valence-corrected chi connectivity index (χ3v) is 14.1. The molecule has 6 nitrogen and oxygen atoms in total. The maximum absolute atomic E-state index is 11.4. The normalized spacial score (nSPS) is 13.2. The van der Waals surface area contributed by atoms with Crippen LogP contribution in [0, 0.1) is 43.4 Å². The minimum Gasteiger partial charge on any atom is -0.457 e. The van der Waals surface area contributed by atoms with Crippen LogP contribution in [0.25, 0.3) is 33.5 Å². The van der Waals surface area contributed by atoms with Gasteiger partial charge in [-0.05, 0) is 149 Å². The Morgan fingerprint density at radius 2 is 0.946 bits per heavy atom. The maximum Gasteiger partial charge on any atom is 0.134 e. The molecule has 0 spiro atoms. The van der Waals surface area contributed by atoms with Crippen LogP contribution in [0.2, 0.25) is 0 Å². The van der Waals surface area contributed by atoms with Crippen molar-refractivity contribution < 1.29 is 9.47 Å². The number of benzene rings is 7. The summed E-state index contributed by atoms with van der Waals surface area (Å²) in [4.78, 5) is 9.50. The molecule has 1 aliphatic rings. The Bertz CT molecular complexity index is 3500. The van der Waals surface area contributed by atoms with Crippen LogP contribution in [-0.4, -0.2) is 10.7 Å². The molecule has 0 saturated carbocycles. The topological polar surface area (TPSA) is 94.2 Å². The van der Waals surface area contributed by atoms with Crippen LogP contribution in [-0.2, 0) is 0 Å². The summed E-state index contributed by atoms with van der Waals surface area (Å²) in [5, 5.41) is 22.8. The van der Waals surface area contributed by atoms with Crippen LogP contribution < -0.4 is 9.47 Å². The van der Waals surface area contributed by atoms with Crippen LogP contribution in [0.15, 0.2) is 174 Å². The van der Waals surface area contributed by atoms with Gasteiger partial charge in [-0.3, -0.25) is 0 Å². The number of rotatable bonds is 14. The minimum atomic E-state index is 0.273. The number of ether oxygens (including phenoxy) is 2. The van der Waals surface area contributed by atoms with Crippen LogP contribution in [0.3, 0.4) is 0 Å². The summed E-state index contributed by atoms with van der Waals surface area (Å²) in [6.45, 7) is 23.9. The number of H-pyrrole nitrogens is 1. The molecular weight excluding hydrogens is 905 g/mol. The van der Waals surface area contributed by atoms with Crippen molar-refractivity contribution in [2.24, 2.45) is 4.99 Å². The quantitative estimate of drug-likeness (QED) is 0.117. The van der Waals surface area contributed by atoms with E-state index in [0.29, 0.717) is 45.3 Å². The molecule has 8 aromatic rings. The molecule has 0 unspecified atom stereocenters. The lowest BCUT2D eigenvalue weighted by Gasteiger charge is -2.20. The Hall–Kier alpha value is -8.45. The lowest BCUT2D eigenvalue weighted by atomic mass is 9.84. The molecule has 0 amide bonds. The fourth-order valence-corrected chi connectivity index (χ4v) is 10.5. The number of aliphatic imine (C=N–C) groups is 1. The van der Waals surface area contributed by atoms with Gasteiger partial charge in [0.1, 0.15) is 35.1 Å². The zero-order chi connectivity index (χ0) is 52.4. The molecule has 1 N–H and O–H groups in total. The Balaban J connectivity index is 1.28. The monoisotopic (exact) mass is 969 g/mol. The highest BCUT2D eigenvalue weighted by molar-refractivity contribution is 6.26. The summed E-state index contributed by atoms with van der Waals surface area (Å²) >= 11 is 0. The van der Waals surface area contributed by atoms with Gasteiger partial charge in [0, 0.05) is 22.3 Å². The van der Waals surface area contributed by atoms with Gasteiger partial charge in [-0.15, -0.1) is 0 Å². The van der Waals surface area contributed by atoms with E-state index in [4.69, 9.17) is 14.5 Å². The third-order valence-electron chi connectivity index (χ3n) is 14.1. The van der Waals surface area contributed by atoms with Crippen LogP contribution in [0.1, 0.15) is 146 Å². The van der Waals surface area contributed by atoms with Crippen molar-refractivity contribution in [3.8, 4) is 57.5 Å². The van der Waals surface area contributed by atoms with Crippen LogP contribution in [0.5, 0.6) is 23.0 Å². The van der Waals surface area contributed by atoms with Crippen molar-refractivity contribution in [2.45, 2.75) is 99.8 Å². The molecule has 1 aromatic heterocycles. The van der Waals surface area contributed by atoms with E-state index in [1.807, 2.05) is 97.1 Å². The molecule has 9 rings (SSSR count). The van der Waals surface area contributed by atoms with Crippen molar-refractivity contribution in [2.75, 3.05) is 0 Å². The maximum atomic E-state index is 11.4. The predicted molar refractivity (Wildman–Crippen MR) is 304 cm³/mol. The molecule has 2 heterocycles. The lowest BCUT2D eigenvalue weighted by Crippen LogP contribution is -2.03. The predicted octanol–water partition coefficient (Wildman–Crippen LogP) is 18.5. The summed E-state index contributed by atoms with van der Waals surface area (Å²) in [7, 11) is 0. The Morgan fingerprint density at radius 1 is 0.500 bits per heavy atom. The highest BCUT2D eigenvalue weighted by atomic mass is 16.5. The zero-order valence-corrected chi connectivity index (χ0v) is 44.5. The van der Waals surface area contributed by atoms with Crippen molar-refractivity contribution in [3.05, 3.63) is 236 Å². The largest absolute Gasteiger partial charge is 0.457 e. The standard InChI is InChI=1S/C68H64N4O2/c1-40(2)53-24-18-25-54(41(3)4)67(53)73-51-32-28-49(29-33-51)63-57(38-69)60(47-20-14-12-15-21-47)65(71-63)62(59-45(10)36-44(9)37-46(59)11)66-61(48-22-16-13-17-23-48)58(39-70)64(72-66)50-30-34-52(35-31-50)74-68-55(42(5)6)26-19-27-56(68)43(7)8/h12-37,40-43,71H,1-11H3/b66-62-. The van der Waals surface area contributed by atoms with E-state index >= 15 is 0 Å². The summed E-state index contributed by atoms with van der Waals surface area (Å²) < 4.78 is 13.5. The number of nitriles is 2. The Morgan fingerprint density at radius 3 is 1.38 bits per heavy atom. The number of aryl methyl sites for hydroxylation is 3. The molecular formula is C68H64N4O2. The van der Waals surface area contributed by atoms with E-state index in [0.717, 1.165) is 95.1 Å². The van der Waals surface area contributed by atoms with Gasteiger partial charge in [0.05, 0.1) is 33.9 Å². The average Bonchev–Trinajstić information content (AvgIpc) is 3.97. The molecule has 0 bridgehead atoms. The fraction of sp³-hybridized carbons (Fsp3) is 0.221. The van der Waals surface area contributed by atoms with Crippen LogP contribution in [0.4, 0.5) is 0 Å². The van der Waals surface area contributed by atoms with E-state index in [-0.39, 0.29) is 23.7 Å². The van der Waals surface area contributed by atoms with Gasteiger partial charge in [0.2, 0.25) is 0 Å². The second kappa shape index (κ2) is 21.3. The van der Waals surface area contributed by atoms with E-state index in [9.17, 15) is 10.5 Å². The molecule has 0 fully saturated rings. The summed E-state index contributed by atoms with van der Waals surface area (Å²) in [5.74, 6) is 4.29. The molecule has 0 radical (unpaired) electrons. The summed E-state index contributed by atoms with van der Waals surface area (Å²) in [6, 6.07) is 58.6. The van der Waals surface area contributed by atoms with Crippen molar-refractivity contribution in [1.82, 2.24) is 4.98 Å². The number of hydrogen-bond acceptors (Lipinski definition) is 5. The SMILES string of the molecule is Cc1cc(C)c(/C(=C2/N=C(c3ccc(Oc4c(C(C)C)cccc4C(C)C)cc3)C(C#N)=C2c2ccccc2)c2[nH]c(-c3ccc(Oc4c(C(C)C)cccc4C(C)C)cc3)c(C#N)c2-c2ccccc2)c(C)c1. The number of nitrogens with zero attached hydrogens (tertiary/aromatic N) is 3. The Labute approximate surface area is 438 Å². The van der Waals surface area contributed by atoms with Crippen molar-refractivity contribution in [3.63, 3.8) is 0 Å². The fourth-order valence-electron chi connectivity index (χ4n) is 10.5. The highest BCUT2D eigenvalue weighted by Crippen LogP contribution is 2.49. The molecule has 1 aliphatic heterocycles. The number of allylic oxidation sites excluding steroid dienone is 2. The average molecular weight is 969 g/mol. The first-order valence-electron chi connectivity index (χ1n) is 25.8. The zero-order valence-electron chi connectivity index (χ0n) is 44.5. The number of aromatic nitrogens is 1. The minimum absolute atomic E-state index is 0.273. The first-order valence-corrected chi connectivity index (χ1v) is 25.8. The number of para-hydroxylation sites is 2. The second-order valence-electron chi connectivity index (χ2n) is 20.7. The van der Waals surface area contributed by atoms with Crippen LogP contribution >= 0.6 is 0 Å². The molecule has 0 saturated heterocycles. The first-order chi connectivity index (χ1) is 35.7. The first kappa shape index (κ1) is 50.5. The number of aromatic amines is 1. The van der Waals surface area contributed by atoms with Gasteiger partial charge in [0.15, 0.2) is 0 Å². The molecule has 368 valence electrons. The smallest absolute Gasteiger partial charge is 0.134 e. The van der Waals surface area contributed by atoms with Crippen molar-refractivity contribution in [1.29, 1.82) is 10.5 Å². The Kier molecular flexibility index (Phi) is 14.6. The van der Waals surface area contributed by atoms with Gasteiger partial charge < -0.3 is 14.5 Å². The number of nitrogens with one attached hydrogen (secondary N) is 1. The van der Waals surface area contributed by atoms with Crippen molar-refractivity contribution >= 4 is 16.9 Å². The van der Waals surface area contributed by atoms with Gasteiger partial charge in [-0.1, -0.05) is 170 Å². The van der Waals surface area contributed by atoms with E-state index < -0.39 is 0 Å². The van der Waals surface area contributed by atoms with Gasteiger partial charge in [-0.2, -0.15) is 10.5 Å².